The molecule has 2 aromatic carbocycles. The molecule has 160 valence electrons. The number of nitrogens with zero attached hydrogens (tertiary/aromatic N) is 2. The summed E-state index contributed by atoms with van der Waals surface area (Å²) >= 11 is 0. The van der Waals surface area contributed by atoms with E-state index in [9.17, 15) is 19.2 Å². The van der Waals surface area contributed by atoms with Crippen LogP contribution in [0.4, 0.5) is 11.4 Å². The lowest BCUT2D eigenvalue weighted by molar-refractivity contribution is -0.120. The summed E-state index contributed by atoms with van der Waals surface area (Å²) < 4.78 is 0. The standard InChI is InChI=1S/C21H22N6O4/c1-13-21(31)27(14-7-3-2-4-8-14)26-18(24-13)20(30)25-16-10-6-5-9-15(16)19(29)23-12-11-17(22)28/h2-10,13H,11-12H2,1H3,(H2,22,28)(H,23,29)(H,24,26)(H,25,30). The lowest BCUT2D eigenvalue weighted by atomic mass is 10.1. The number of benzene rings is 2. The van der Waals surface area contributed by atoms with Crippen molar-refractivity contribution in [3.8, 4) is 0 Å². The molecule has 1 atom stereocenters. The fraction of sp³-hybridized carbons (Fsp3) is 0.190. The molecule has 0 radical (unpaired) electrons. The fourth-order valence-corrected chi connectivity index (χ4v) is 2.87. The minimum absolute atomic E-state index is 0.00221. The van der Waals surface area contributed by atoms with E-state index in [2.05, 4.69) is 21.1 Å². The van der Waals surface area contributed by atoms with Gasteiger partial charge in [-0.1, -0.05) is 30.3 Å². The van der Waals surface area contributed by atoms with Crippen LogP contribution in [0.25, 0.3) is 0 Å². The van der Waals surface area contributed by atoms with Crippen LogP contribution in [-0.2, 0) is 14.4 Å². The molecule has 1 unspecified atom stereocenters. The van der Waals surface area contributed by atoms with Gasteiger partial charge in [0.1, 0.15) is 6.04 Å². The quantitative estimate of drug-likeness (QED) is 0.515. The van der Waals surface area contributed by atoms with E-state index in [1.807, 2.05) is 6.07 Å². The van der Waals surface area contributed by atoms with Gasteiger partial charge in [-0.2, -0.15) is 0 Å². The molecule has 10 nitrogen and oxygen atoms in total. The number of nitrogens with one attached hydrogen (secondary N) is 3. The maximum absolute atomic E-state index is 12.8. The van der Waals surface area contributed by atoms with Gasteiger partial charge in [0.15, 0.2) is 0 Å². The predicted molar refractivity (Wildman–Crippen MR) is 115 cm³/mol. The zero-order valence-electron chi connectivity index (χ0n) is 16.8. The van der Waals surface area contributed by atoms with Crippen molar-refractivity contribution in [1.29, 1.82) is 0 Å². The summed E-state index contributed by atoms with van der Waals surface area (Å²) in [6.07, 6.45) is 0.00221. The van der Waals surface area contributed by atoms with Crippen LogP contribution in [-0.4, -0.2) is 42.1 Å². The van der Waals surface area contributed by atoms with Crippen molar-refractivity contribution in [3.05, 3.63) is 60.2 Å². The van der Waals surface area contributed by atoms with E-state index in [1.54, 1.807) is 49.4 Å². The van der Waals surface area contributed by atoms with E-state index >= 15 is 0 Å². The molecule has 1 aliphatic heterocycles. The van der Waals surface area contributed by atoms with Gasteiger partial charge in [0.2, 0.25) is 11.7 Å². The average Bonchev–Trinajstić information content (AvgIpc) is 2.76. The van der Waals surface area contributed by atoms with Crippen LogP contribution in [0.5, 0.6) is 0 Å². The highest BCUT2D eigenvalue weighted by Gasteiger charge is 2.31. The Bertz CT molecular complexity index is 1040. The highest BCUT2D eigenvalue weighted by Crippen LogP contribution is 2.18. The Kier molecular flexibility index (Phi) is 6.61. The third-order valence-electron chi connectivity index (χ3n) is 4.42. The van der Waals surface area contributed by atoms with Crippen molar-refractivity contribution in [1.82, 2.24) is 10.7 Å². The van der Waals surface area contributed by atoms with Gasteiger partial charge in [-0.25, -0.2) is 10.0 Å². The SMILES string of the molecule is CC1N=C(C(=O)Nc2ccccc2C(=O)NCCC(N)=O)NN(c2ccccc2)C1=O. The Morgan fingerprint density at radius 2 is 1.74 bits per heavy atom. The minimum Gasteiger partial charge on any atom is -0.370 e. The molecule has 0 spiro atoms. The number of hydrogen-bond acceptors (Lipinski definition) is 6. The van der Waals surface area contributed by atoms with E-state index in [4.69, 9.17) is 5.73 Å². The summed E-state index contributed by atoms with van der Waals surface area (Å²) in [5, 5.41) is 6.48. The molecular formula is C21H22N6O4. The molecule has 3 rings (SSSR count). The first-order valence-electron chi connectivity index (χ1n) is 9.57. The van der Waals surface area contributed by atoms with Gasteiger partial charge in [-0.15, -0.1) is 0 Å². The minimum atomic E-state index is -0.769. The third kappa shape index (κ3) is 5.24. The van der Waals surface area contributed by atoms with Crippen molar-refractivity contribution in [2.45, 2.75) is 19.4 Å². The molecule has 1 heterocycles. The number of primary amides is 1. The number of hydrazine groups is 1. The number of amides is 4. The fourth-order valence-electron chi connectivity index (χ4n) is 2.87. The van der Waals surface area contributed by atoms with E-state index in [0.29, 0.717) is 5.69 Å². The Balaban J connectivity index is 1.75. The van der Waals surface area contributed by atoms with E-state index in [-0.39, 0.29) is 36.0 Å². The van der Waals surface area contributed by atoms with Gasteiger partial charge in [0.05, 0.1) is 16.9 Å². The third-order valence-corrected chi connectivity index (χ3v) is 4.42. The first-order chi connectivity index (χ1) is 14.9. The zero-order valence-corrected chi connectivity index (χ0v) is 16.8. The van der Waals surface area contributed by atoms with Gasteiger partial charge in [0, 0.05) is 13.0 Å². The van der Waals surface area contributed by atoms with Gasteiger partial charge in [-0.05, 0) is 31.2 Å². The largest absolute Gasteiger partial charge is 0.370 e. The molecule has 1 aliphatic rings. The number of nitrogens with two attached hydrogens (primary N) is 1. The van der Waals surface area contributed by atoms with E-state index < -0.39 is 23.8 Å². The predicted octanol–water partition coefficient (Wildman–Crippen LogP) is 0.569. The van der Waals surface area contributed by atoms with Gasteiger partial charge < -0.3 is 16.4 Å². The average molecular weight is 422 g/mol. The van der Waals surface area contributed by atoms with Crippen LogP contribution >= 0.6 is 0 Å². The van der Waals surface area contributed by atoms with E-state index in [0.717, 1.165) is 0 Å². The van der Waals surface area contributed by atoms with Crippen molar-refractivity contribution >= 4 is 40.8 Å². The number of hydrogen-bond donors (Lipinski definition) is 4. The maximum Gasteiger partial charge on any atom is 0.292 e. The molecule has 0 fully saturated rings. The van der Waals surface area contributed by atoms with Gasteiger partial charge >= 0.3 is 0 Å². The smallest absolute Gasteiger partial charge is 0.292 e. The Morgan fingerprint density at radius 3 is 2.45 bits per heavy atom. The van der Waals surface area contributed by atoms with Crippen LogP contribution in [0.15, 0.2) is 59.6 Å². The zero-order chi connectivity index (χ0) is 22.4. The molecule has 5 N–H and O–H groups in total. The number of anilines is 2. The first kappa shape index (κ1) is 21.5. The number of rotatable bonds is 7. The Morgan fingerprint density at radius 1 is 1.06 bits per heavy atom. The first-order valence-corrected chi connectivity index (χ1v) is 9.57. The summed E-state index contributed by atoms with van der Waals surface area (Å²) in [6.45, 7) is 1.67. The molecule has 4 amide bonds. The summed E-state index contributed by atoms with van der Waals surface area (Å²) in [4.78, 5) is 52.7. The second-order valence-corrected chi connectivity index (χ2v) is 6.75. The van der Waals surface area contributed by atoms with Crippen LogP contribution in [0.1, 0.15) is 23.7 Å². The van der Waals surface area contributed by atoms with Gasteiger partial charge in [0.25, 0.3) is 17.7 Å². The number of aliphatic imine (C=N–C) groups is 1. The van der Waals surface area contributed by atoms with Crippen molar-refractivity contribution in [2.75, 3.05) is 16.9 Å². The second-order valence-electron chi connectivity index (χ2n) is 6.75. The maximum atomic E-state index is 12.8. The van der Waals surface area contributed by atoms with Crippen molar-refractivity contribution in [3.63, 3.8) is 0 Å². The lowest BCUT2D eigenvalue weighted by Crippen LogP contribution is -2.57. The monoisotopic (exact) mass is 422 g/mol. The highest BCUT2D eigenvalue weighted by atomic mass is 16.2. The van der Waals surface area contributed by atoms with Crippen LogP contribution < -0.4 is 26.8 Å². The summed E-state index contributed by atoms with van der Waals surface area (Å²) in [5.74, 6) is -1.99. The summed E-state index contributed by atoms with van der Waals surface area (Å²) in [5.41, 5.74) is 8.84. The normalized spacial score (nSPS) is 15.5. The van der Waals surface area contributed by atoms with Crippen LogP contribution in [0.3, 0.4) is 0 Å². The lowest BCUT2D eigenvalue weighted by Gasteiger charge is -2.30. The second kappa shape index (κ2) is 9.53. The molecule has 0 saturated heterocycles. The highest BCUT2D eigenvalue weighted by molar-refractivity contribution is 6.43. The number of carbonyl (C=O) groups excluding carboxylic acids is 4. The van der Waals surface area contributed by atoms with Crippen molar-refractivity contribution < 1.29 is 19.2 Å². The molecule has 0 aromatic heterocycles. The molecule has 2 aromatic rings. The number of amidine groups is 1. The summed E-state index contributed by atoms with van der Waals surface area (Å²) in [6, 6.07) is 14.4. The molecule has 0 bridgehead atoms. The molecule has 31 heavy (non-hydrogen) atoms. The Labute approximate surface area is 178 Å². The summed E-state index contributed by atoms with van der Waals surface area (Å²) in [7, 11) is 0. The molecule has 0 aliphatic carbocycles. The van der Waals surface area contributed by atoms with E-state index in [1.165, 1.54) is 11.1 Å². The number of carbonyl (C=O) groups is 4. The molecule has 0 saturated carbocycles. The number of para-hydroxylation sites is 2. The van der Waals surface area contributed by atoms with Crippen LogP contribution in [0, 0.1) is 0 Å². The van der Waals surface area contributed by atoms with Gasteiger partial charge in [-0.3, -0.25) is 24.6 Å². The topological polar surface area (TPSA) is 146 Å². The molecular weight excluding hydrogens is 400 g/mol. The van der Waals surface area contributed by atoms with Crippen LogP contribution in [0.2, 0.25) is 0 Å². The molecule has 10 heteroatoms. The Hall–Kier alpha value is -4.21. The van der Waals surface area contributed by atoms with Crippen molar-refractivity contribution in [2.24, 2.45) is 10.7 Å².